The van der Waals surface area contributed by atoms with Gasteiger partial charge in [0.25, 0.3) is 5.91 Å². The van der Waals surface area contributed by atoms with Crippen LogP contribution in [-0.4, -0.2) is 47.8 Å². The summed E-state index contributed by atoms with van der Waals surface area (Å²) in [6.45, 7) is 3.80. The van der Waals surface area contributed by atoms with Crippen LogP contribution >= 0.6 is 0 Å². The molecule has 1 aromatic heterocycles. The van der Waals surface area contributed by atoms with E-state index in [1.807, 2.05) is 35.2 Å². The Hall–Kier alpha value is -3.41. The fourth-order valence-electron chi connectivity index (χ4n) is 4.56. The van der Waals surface area contributed by atoms with Gasteiger partial charge in [0.1, 0.15) is 5.76 Å². The number of rotatable bonds is 3. The Kier molecular flexibility index (Phi) is 5.29. The maximum Gasteiger partial charge on any atom is 0.257 e. The Morgan fingerprint density at radius 1 is 0.906 bits per heavy atom. The number of amides is 2. The molecule has 0 atom stereocenters. The van der Waals surface area contributed by atoms with E-state index < -0.39 is 0 Å². The summed E-state index contributed by atoms with van der Waals surface area (Å²) in [5, 5.41) is 0.409. The van der Waals surface area contributed by atoms with Crippen molar-refractivity contribution in [1.82, 2.24) is 9.80 Å². The van der Waals surface area contributed by atoms with Gasteiger partial charge in [0.2, 0.25) is 5.91 Å². The molecule has 1 aliphatic heterocycles. The largest absolute Gasteiger partial charge is 0.455 e. The molecule has 32 heavy (non-hydrogen) atoms. The first-order valence-corrected chi connectivity index (χ1v) is 11.2. The molecule has 2 amide bonds. The van der Waals surface area contributed by atoms with Crippen molar-refractivity contribution in [2.45, 2.75) is 26.2 Å². The Bertz CT molecular complexity index is 1240. The van der Waals surface area contributed by atoms with E-state index in [0.29, 0.717) is 54.0 Å². The minimum absolute atomic E-state index is 0.129. The summed E-state index contributed by atoms with van der Waals surface area (Å²) in [6, 6.07) is 14.6. The Balaban J connectivity index is 1.45. The van der Waals surface area contributed by atoms with Gasteiger partial charge in [0.15, 0.2) is 11.0 Å². The van der Waals surface area contributed by atoms with Crippen LogP contribution in [0, 0.1) is 12.8 Å². The summed E-state index contributed by atoms with van der Waals surface area (Å²) < 4.78 is 6.20. The van der Waals surface area contributed by atoms with Crippen molar-refractivity contribution in [2.24, 2.45) is 5.92 Å². The van der Waals surface area contributed by atoms with Gasteiger partial charge in [-0.3, -0.25) is 14.4 Å². The number of nitrogens with zero attached hydrogens (tertiary/aromatic N) is 2. The van der Waals surface area contributed by atoms with Gasteiger partial charge in [-0.2, -0.15) is 0 Å². The first-order chi connectivity index (χ1) is 15.5. The summed E-state index contributed by atoms with van der Waals surface area (Å²) in [5.74, 6) is 0.711. The van der Waals surface area contributed by atoms with Crippen LogP contribution in [0.2, 0.25) is 0 Å². The predicted octanol–water partition coefficient (Wildman–Crippen LogP) is 3.85. The number of para-hydroxylation sites is 1. The van der Waals surface area contributed by atoms with Crippen molar-refractivity contribution in [2.75, 3.05) is 26.2 Å². The topological polar surface area (TPSA) is 70.8 Å². The fourth-order valence-corrected chi connectivity index (χ4v) is 4.56. The number of carbonyl (C=O) groups excluding carboxylic acids is 2. The third-order valence-corrected chi connectivity index (χ3v) is 6.74. The molecule has 2 aliphatic rings. The lowest BCUT2D eigenvalue weighted by molar-refractivity contribution is -0.139. The van der Waals surface area contributed by atoms with Crippen molar-refractivity contribution in [3.63, 3.8) is 0 Å². The highest BCUT2D eigenvalue weighted by atomic mass is 16.3. The van der Waals surface area contributed by atoms with Gasteiger partial charge >= 0.3 is 0 Å². The molecule has 1 saturated heterocycles. The monoisotopic (exact) mass is 430 g/mol. The highest BCUT2D eigenvalue weighted by molar-refractivity contribution is 6.05. The first-order valence-electron chi connectivity index (χ1n) is 11.2. The molecule has 6 heteroatoms. The molecular formula is C26H26N2O4. The predicted molar refractivity (Wildman–Crippen MR) is 122 cm³/mol. The van der Waals surface area contributed by atoms with Gasteiger partial charge < -0.3 is 14.2 Å². The van der Waals surface area contributed by atoms with E-state index in [0.717, 1.165) is 24.8 Å². The molecule has 5 rings (SSSR count). The maximum absolute atomic E-state index is 13.4. The molecule has 0 N–H and O–H groups in total. The van der Waals surface area contributed by atoms with Gasteiger partial charge in [-0.25, -0.2) is 0 Å². The fraction of sp³-hybridized carbons (Fsp3) is 0.346. The van der Waals surface area contributed by atoms with Crippen LogP contribution in [0.3, 0.4) is 0 Å². The van der Waals surface area contributed by atoms with Crippen molar-refractivity contribution >= 4 is 22.8 Å². The Morgan fingerprint density at radius 3 is 2.25 bits per heavy atom. The van der Waals surface area contributed by atoms with Crippen molar-refractivity contribution < 1.29 is 14.0 Å². The lowest BCUT2D eigenvalue weighted by Crippen LogP contribution is -2.52. The number of hydrogen-bond acceptors (Lipinski definition) is 4. The number of benzene rings is 2. The van der Waals surface area contributed by atoms with Crippen LogP contribution in [0.5, 0.6) is 0 Å². The molecule has 2 aromatic carbocycles. The second-order valence-electron chi connectivity index (χ2n) is 8.68. The number of hydrogen-bond donors (Lipinski definition) is 0. The smallest absolute Gasteiger partial charge is 0.257 e. The van der Waals surface area contributed by atoms with Crippen LogP contribution in [0.15, 0.2) is 57.7 Å². The SMILES string of the molecule is Cc1c(-c2ccccc2)oc2c(C(=O)N3CCN(C(=O)C4CCC4)CC3)cccc2c1=O. The summed E-state index contributed by atoms with van der Waals surface area (Å²) in [6.07, 6.45) is 3.10. The quantitative estimate of drug-likeness (QED) is 0.633. The molecule has 1 aliphatic carbocycles. The molecule has 1 saturated carbocycles. The first kappa shape index (κ1) is 20.5. The standard InChI is InChI=1S/C26H26N2O4/c1-17-22(29)20-11-6-12-21(24(20)32-23(17)18-7-3-2-4-8-18)26(31)28-15-13-27(14-16-28)25(30)19-9-5-10-19/h2-4,6-8,11-12,19H,5,9-10,13-16H2,1H3. The van der Waals surface area contributed by atoms with E-state index in [9.17, 15) is 14.4 Å². The van der Waals surface area contributed by atoms with Crippen LogP contribution in [0.4, 0.5) is 0 Å². The Labute approximate surface area is 186 Å². The van der Waals surface area contributed by atoms with Crippen LogP contribution in [-0.2, 0) is 4.79 Å². The summed E-state index contributed by atoms with van der Waals surface area (Å²) in [7, 11) is 0. The zero-order valence-corrected chi connectivity index (χ0v) is 18.2. The third kappa shape index (κ3) is 3.49. The Morgan fingerprint density at radius 2 is 1.59 bits per heavy atom. The van der Waals surface area contributed by atoms with Crippen molar-refractivity contribution in [1.29, 1.82) is 0 Å². The van der Waals surface area contributed by atoms with E-state index in [2.05, 4.69) is 0 Å². The van der Waals surface area contributed by atoms with E-state index in [1.54, 1.807) is 30.0 Å². The van der Waals surface area contributed by atoms with E-state index in [4.69, 9.17) is 4.42 Å². The molecule has 3 aromatic rings. The average Bonchev–Trinajstić information content (AvgIpc) is 2.80. The van der Waals surface area contributed by atoms with E-state index >= 15 is 0 Å². The molecule has 0 unspecified atom stereocenters. The van der Waals surface area contributed by atoms with E-state index in [-0.39, 0.29) is 23.2 Å². The van der Waals surface area contributed by atoms with Crippen LogP contribution < -0.4 is 5.43 Å². The summed E-state index contributed by atoms with van der Waals surface area (Å²) in [4.78, 5) is 42.6. The molecule has 2 heterocycles. The van der Waals surface area contributed by atoms with Gasteiger partial charge in [-0.1, -0.05) is 42.8 Å². The molecule has 2 fully saturated rings. The lowest BCUT2D eigenvalue weighted by Gasteiger charge is -2.38. The zero-order valence-electron chi connectivity index (χ0n) is 18.2. The van der Waals surface area contributed by atoms with Crippen LogP contribution in [0.1, 0.15) is 35.2 Å². The number of piperazine rings is 1. The minimum Gasteiger partial charge on any atom is -0.455 e. The van der Waals surface area contributed by atoms with Gasteiger partial charge in [-0.15, -0.1) is 0 Å². The highest BCUT2D eigenvalue weighted by Gasteiger charge is 2.32. The number of fused-ring (bicyclic) bond motifs is 1. The van der Waals surface area contributed by atoms with Crippen molar-refractivity contribution in [3.8, 4) is 11.3 Å². The molecular weight excluding hydrogens is 404 g/mol. The zero-order chi connectivity index (χ0) is 22.2. The van der Waals surface area contributed by atoms with Gasteiger partial charge in [-0.05, 0) is 31.9 Å². The third-order valence-electron chi connectivity index (χ3n) is 6.74. The average molecular weight is 431 g/mol. The van der Waals surface area contributed by atoms with E-state index in [1.165, 1.54) is 0 Å². The lowest BCUT2D eigenvalue weighted by atomic mass is 9.84. The normalized spacial score (nSPS) is 16.8. The second kappa shape index (κ2) is 8.26. The number of carbonyl (C=O) groups is 2. The maximum atomic E-state index is 13.4. The molecule has 164 valence electrons. The molecule has 0 spiro atoms. The van der Waals surface area contributed by atoms with Crippen LogP contribution in [0.25, 0.3) is 22.3 Å². The summed E-state index contributed by atoms with van der Waals surface area (Å²) in [5.41, 5.74) is 1.90. The molecule has 6 nitrogen and oxygen atoms in total. The van der Waals surface area contributed by atoms with Gasteiger partial charge in [0.05, 0.1) is 10.9 Å². The molecule has 0 bridgehead atoms. The second-order valence-corrected chi connectivity index (χ2v) is 8.68. The van der Waals surface area contributed by atoms with Gasteiger partial charge in [0, 0.05) is 43.2 Å². The highest BCUT2D eigenvalue weighted by Crippen LogP contribution is 2.30. The van der Waals surface area contributed by atoms with Crippen molar-refractivity contribution in [3.05, 3.63) is 69.9 Å². The minimum atomic E-state index is -0.169. The molecule has 0 radical (unpaired) electrons. The summed E-state index contributed by atoms with van der Waals surface area (Å²) >= 11 is 0.